The Morgan fingerprint density at radius 1 is 1.10 bits per heavy atom. The van der Waals surface area contributed by atoms with Crippen LogP contribution >= 0.6 is 0 Å². The number of anilines is 2. The van der Waals surface area contributed by atoms with Gasteiger partial charge in [0.2, 0.25) is 5.95 Å². The van der Waals surface area contributed by atoms with Gasteiger partial charge in [0.15, 0.2) is 5.82 Å². The van der Waals surface area contributed by atoms with Gasteiger partial charge in [-0.1, -0.05) is 44.2 Å². The van der Waals surface area contributed by atoms with E-state index in [1.165, 1.54) is 5.56 Å². The lowest BCUT2D eigenvalue weighted by Crippen LogP contribution is -2.13. The molecule has 0 amide bonds. The molecule has 2 aromatic rings. The average molecular weight is 271 g/mol. The van der Waals surface area contributed by atoms with Crippen LogP contribution in [0.1, 0.15) is 32.4 Å². The third kappa shape index (κ3) is 4.19. The van der Waals surface area contributed by atoms with E-state index in [-0.39, 0.29) is 6.04 Å². The maximum absolute atomic E-state index is 4.41. The number of rotatable bonds is 6. The highest BCUT2D eigenvalue weighted by molar-refractivity contribution is 5.38. The monoisotopic (exact) mass is 271 g/mol. The van der Waals surface area contributed by atoms with Crippen molar-refractivity contribution >= 4 is 11.8 Å². The molecule has 1 atom stereocenters. The molecular weight excluding hydrogens is 250 g/mol. The van der Waals surface area contributed by atoms with Crippen LogP contribution in [0, 0.1) is 5.92 Å². The van der Waals surface area contributed by atoms with E-state index < -0.39 is 0 Å². The van der Waals surface area contributed by atoms with Crippen LogP contribution in [0.15, 0.2) is 36.5 Å². The van der Waals surface area contributed by atoms with E-state index in [4.69, 9.17) is 0 Å². The molecule has 106 valence electrons. The fraction of sp³-hybridized carbons (Fsp3) is 0.400. The number of nitrogens with one attached hydrogen (secondary N) is 2. The number of benzene rings is 1. The first-order valence-corrected chi connectivity index (χ1v) is 6.90. The van der Waals surface area contributed by atoms with Gasteiger partial charge in [-0.05, 0) is 18.4 Å². The van der Waals surface area contributed by atoms with Crippen molar-refractivity contribution < 1.29 is 0 Å². The molecule has 2 N–H and O–H groups in total. The SMILES string of the molecule is CC(C)CNc1cnnc(NC(C)c2ccccc2)n1. The first-order valence-electron chi connectivity index (χ1n) is 6.90. The Hall–Kier alpha value is -2.17. The van der Waals surface area contributed by atoms with Crippen molar-refractivity contribution in [2.45, 2.75) is 26.8 Å². The van der Waals surface area contributed by atoms with E-state index in [1.54, 1.807) is 6.20 Å². The zero-order valence-corrected chi connectivity index (χ0v) is 12.2. The maximum Gasteiger partial charge on any atom is 0.245 e. The van der Waals surface area contributed by atoms with E-state index in [0.717, 1.165) is 12.4 Å². The van der Waals surface area contributed by atoms with Crippen LogP contribution in [0.5, 0.6) is 0 Å². The predicted molar refractivity (Wildman–Crippen MR) is 81.6 cm³/mol. The van der Waals surface area contributed by atoms with Crippen molar-refractivity contribution in [3.8, 4) is 0 Å². The highest BCUT2D eigenvalue weighted by atomic mass is 15.3. The summed E-state index contributed by atoms with van der Waals surface area (Å²) in [5, 5.41) is 14.5. The molecule has 1 heterocycles. The Kier molecular flexibility index (Phi) is 4.87. The van der Waals surface area contributed by atoms with Crippen molar-refractivity contribution in [2.75, 3.05) is 17.2 Å². The molecular formula is C15H21N5. The van der Waals surface area contributed by atoms with Gasteiger partial charge in [0.25, 0.3) is 0 Å². The average Bonchev–Trinajstić information content (AvgIpc) is 2.46. The summed E-state index contributed by atoms with van der Waals surface area (Å²) in [6.45, 7) is 7.25. The van der Waals surface area contributed by atoms with Crippen LogP contribution in [-0.2, 0) is 0 Å². The van der Waals surface area contributed by atoms with Gasteiger partial charge in [-0.25, -0.2) is 0 Å². The van der Waals surface area contributed by atoms with E-state index in [1.807, 2.05) is 18.2 Å². The van der Waals surface area contributed by atoms with Crippen molar-refractivity contribution in [2.24, 2.45) is 5.92 Å². The van der Waals surface area contributed by atoms with Gasteiger partial charge in [-0.15, -0.1) is 5.10 Å². The molecule has 0 saturated heterocycles. The molecule has 0 aliphatic carbocycles. The van der Waals surface area contributed by atoms with Gasteiger partial charge in [0, 0.05) is 6.54 Å². The van der Waals surface area contributed by atoms with Gasteiger partial charge < -0.3 is 10.6 Å². The molecule has 1 aromatic heterocycles. The maximum atomic E-state index is 4.41. The third-order valence-electron chi connectivity index (χ3n) is 2.90. The predicted octanol–water partition coefficient (Wildman–Crippen LogP) is 3.11. The Morgan fingerprint density at radius 3 is 2.55 bits per heavy atom. The van der Waals surface area contributed by atoms with Crippen LogP contribution in [0.4, 0.5) is 11.8 Å². The molecule has 5 nitrogen and oxygen atoms in total. The molecule has 5 heteroatoms. The molecule has 2 rings (SSSR count). The summed E-state index contributed by atoms with van der Waals surface area (Å²) in [7, 11) is 0. The topological polar surface area (TPSA) is 62.7 Å². The van der Waals surface area contributed by atoms with Crippen LogP contribution in [0.2, 0.25) is 0 Å². The fourth-order valence-corrected chi connectivity index (χ4v) is 1.78. The summed E-state index contributed by atoms with van der Waals surface area (Å²) in [5.74, 6) is 1.84. The van der Waals surface area contributed by atoms with E-state index >= 15 is 0 Å². The molecule has 0 spiro atoms. The Labute approximate surface area is 119 Å². The van der Waals surface area contributed by atoms with E-state index in [0.29, 0.717) is 11.9 Å². The number of hydrogen-bond acceptors (Lipinski definition) is 5. The van der Waals surface area contributed by atoms with Crippen LogP contribution < -0.4 is 10.6 Å². The molecule has 0 radical (unpaired) electrons. The van der Waals surface area contributed by atoms with Gasteiger partial charge in [0.05, 0.1) is 12.2 Å². The van der Waals surface area contributed by atoms with Crippen molar-refractivity contribution in [3.05, 3.63) is 42.1 Å². The second-order valence-corrected chi connectivity index (χ2v) is 5.22. The molecule has 0 saturated carbocycles. The minimum Gasteiger partial charge on any atom is -0.368 e. The summed E-state index contributed by atoms with van der Waals surface area (Å²) in [5.41, 5.74) is 1.19. The second kappa shape index (κ2) is 6.84. The molecule has 0 bridgehead atoms. The summed E-state index contributed by atoms with van der Waals surface area (Å²) in [6, 6.07) is 10.3. The van der Waals surface area contributed by atoms with Crippen molar-refractivity contribution in [1.29, 1.82) is 0 Å². The summed E-state index contributed by atoms with van der Waals surface area (Å²) in [6.07, 6.45) is 1.64. The zero-order valence-electron chi connectivity index (χ0n) is 12.2. The summed E-state index contributed by atoms with van der Waals surface area (Å²) >= 11 is 0. The largest absolute Gasteiger partial charge is 0.368 e. The lowest BCUT2D eigenvalue weighted by atomic mass is 10.1. The smallest absolute Gasteiger partial charge is 0.245 e. The molecule has 0 fully saturated rings. The Bertz CT molecular complexity index is 527. The van der Waals surface area contributed by atoms with E-state index in [9.17, 15) is 0 Å². The van der Waals surface area contributed by atoms with Crippen LogP contribution in [0.25, 0.3) is 0 Å². The summed E-state index contributed by atoms with van der Waals surface area (Å²) < 4.78 is 0. The quantitative estimate of drug-likeness (QED) is 0.845. The number of nitrogens with zero attached hydrogens (tertiary/aromatic N) is 3. The fourth-order valence-electron chi connectivity index (χ4n) is 1.78. The minimum atomic E-state index is 0.137. The second-order valence-electron chi connectivity index (χ2n) is 5.22. The number of aromatic nitrogens is 3. The first kappa shape index (κ1) is 14.2. The molecule has 1 aromatic carbocycles. The molecule has 0 aliphatic rings. The normalized spacial score (nSPS) is 12.2. The zero-order chi connectivity index (χ0) is 14.4. The van der Waals surface area contributed by atoms with Gasteiger partial charge in [-0.2, -0.15) is 10.1 Å². The van der Waals surface area contributed by atoms with Crippen LogP contribution in [-0.4, -0.2) is 21.7 Å². The molecule has 20 heavy (non-hydrogen) atoms. The van der Waals surface area contributed by atoms with Gasteiger partial charge in [-0.3, -0.25) is 0 Å². The lowest BCUT2D eigenvalue weighted by Gasteiger charge is -2.14. The van der Waals surface area contributed by atoms with E-state index in [2.05, 4.69) is 58.7 Å². The third-order valence-corrected chi connectivity index (χ3v) is 2.90. The van der Waals surface area contributed by atoms with Crippen molar-refractivity contribution in [3.63, 3.8) is 0 Å². The van der Waals surface area contributed by atoms with Gasteiger partial charge >= 0.3 is 0 Å². The van der Waals surface area contributed by atoms with Gasteiger partial charge in [0.1, 0.15) is 0 Å². The number of hydrogen-bond donors (Lipinski definition) is 2. The Balaban J connectivity index is 2.00. The van der Waals surface area contributed by atoms with Crippen molar-refractivity contribution in [1.82, 2.24) is 15.2 Å². The summed E-state index contributed by atoms with van der Waals surface area (Å²) in [4.78, 5) is 4.41. The first-order chi connectivity index (χ1) is 9.65. The molecule has 0 aliphatic heterocycles. The lowest BCUT2D eigenvalue weighted by molar-refractivity contribution is 0.685. The highest BCUT2D eigenvalue weighted by Crippen LogP contribution is 2.16. The highest BCUT2D eigenvalue weighted by Gasteiger charge is 2.07. The molecule has 1 unspecified atom stereocenters. The Morgan fingerprint density at radius 2 is 1.85 bits per heavy atom. The minimum absolute atomic E-state index is 0.137. The van der Waals surface area contributed by atoms with Crippen LogP contribution in [0.3, 0.4) is 0 Å². The standard InChI is InChI=1S/C15H21N5/c1-11(2)9-16-14-10-17-20-15(19-14)18-12(3)13-7-5-4-6-8-13/h4-8,10-12H,9H2,1-3H3,(H2,16,18,19,20).